The Morgan fingerprint density at radius 2 is 2.04 bits per heavy atom. The topological polar surface area (TPSA) is 65.1 Å². The maximum atomic E-state index is 12.1. The quantitative estimate of drug-likeness (QED) is 0.639. The van der Waals surface area contributed by atoms with E-state index in [9.17, 15) is 9.59 Å². The van der Waals surface area contributed by atoms with Crippen molar-refractivity contribution in [3.05, 3.63) is 64.7 Å². The summed E-state index contributed by atoms with van der Waals surface area (Å²) in [6.07, 6.45) is -0.353. The molecule has 2 aromatic carbocycles. The summed E-state index contributed by atoms with van der Waals surface area (Å²) in [6, 6.07) is 14.6. The van der Waals surface area contributed by atoms with Gasteiger partial charge in [-0.15, -0.1) is 0 Å². The van der Waals surface area contributed by atoms with Gasteiger partial charge in [-0.05, 0) is 35.4 Å². The van der Waals surface area contributed by atoms with E-state index >= 15 is 0 Å². The lowest BCUT2D eigenvalue weighted by atomic mass is 10.1. The Labute approximate surface area is 168 Å². The number of hydrogen-bond donors (Lipinski definition) is 0. The molecule has 0 aliphatic carbocycles. The molecular formula is C21H22ClNO5. The molecule has 7 heteroatoms. The number of rotatable bonds is 9. The first kappa shape index (κ1) is 20.2. The van der Waals surface area contributed by atoms with Gasteiger partial charge in [0.15, 0.2) is 5.78 Å². The molecule has 3 rings (SSSR count). The Balaban J connectivity index is 1.46. The van der Waals surface area contributed by atoms with E-state index in [1.807, 2.05) is 36.4 Å². The summed E-state index contributed by atoms with van der Waals surface area (Å²) in [5.74, 6) is 0.708. The van der Waals surface area contributed by atoms with Crippen molar-refractivity contribution < 1.29 is 23.8 Å². The molecule has 0 bridgehead atoms. The highest BCUT2D eigenvalue weighted by Crippen LogP contribution is 2.27. The molecule has 1 unspecified atom stereocenters. The van der Waals surface area contributed by atoms with Crippen molar-refractivity contribution in [1.29, 1.82) is 0 Å². The Hall–Kier alpha value is -2.57. The molecule has 1 aliphatic rings. The normalized spacial score (nSPS) is 16.1. The summed E-state index contributed by atoms with van der Waals surface area (Å²) in [4.78, 5) is 25.3. The Bertz CT molecular complexity index is 824. The summed E-state index contributed by atoms with van der Waals surface area (Å²) < 4.78 is 16.0. The number of Topliss-reactive ketones (excluding diaryl/α,β-unsaturated/α-hetero) is 1. The standard InChI is InChI=1S/C21H22ClNO5/c1-26-14-18(24)11-15-5-7-19(8-6-15)27-10-9-23-13-20(28-21(23)25)16-3-2-4-17(22)12-16/h2-8,12,20H,9-11,13-14H2,1H3. The van der Waals surface area contributed by atoms with Crippen molar-refractivity contribution >= 4 is 23.5 Å². The molecule has 0 saturated carbocycles. The lowest BCUT2D eigenvalue weighted by molar-refractivity contribution is -0.121. The van der Waals surface area contributed by atoms with E-state index in [4.69, 9.17) is 25.8 Å². The summed E-state index contributed by atoms with van der Waals surface area (Å²) in [5, 5.41) is 0.614. The molecule has 0 spiro atoms. The maximum Gasteiger partial charge on any atom is 0.410 e. The van der Waals surface area contributed by atoms with Crippen molar-refractivity contribution in [2.75, 3.05) is 33.4 Å². The number of benzene rings is 2. The highest BCUT2D eigenvalue weighted by molar-refractivity contribution is 6.30. The van der Waals surface area contributed by atoms with Gasteiger partial charge in [-0.3, -0.25) is 4.79 Å². The highest BCUT2D eigenvalue weighted by Gasteiger charge is 2.32. The first-order valence-corrected chi connectivity index (χ1v) is 9.36. The van der Waals surface area contributed by atoms with Gasteiger partial charge in [0.2, 0.25) is 0 Å². The van der Waals surface area contributed by atoms with E-state index in [2.05, 4.69) is 0 Å². The van der Waals surface area contributed by atoms with Crippen LogP contribution in [0, 0.1) is 0 Å². The molecular weight excluding hydrogens is 382 g/mol. The molecule has 1 atom stereocenters. The van der Waals surface area contributed by atoms with E-state index in [1.165, 1.54) is 7.11 Å². The Kier molecular flexibility index (Phi) is 6.90. The molecule has 1 fully saturated rings. The third-order valence-electron chi connectivity index (χ3n) is 4.37. The van der Waals surface area contributed by atoms with Crippen LogP contribution in [0.1, 0.15) is 17.2 Å². The van der Waals surface area contributed by atoms with Gasteiger partial charge in [0, 0.05) is 18.6 Å². The van der Waals surface area contributed by atoms with Crippen molar-refractivity contribution in [3.8, 4) is 5.75 Å². The van der Waals surface area contributed by atoms with Gasteiger partial charge < -0.3 is 19.1 Å². The monoisotopic (exact) mass is 403 g/mol. The third-order valence-corrected chi connectivity index (χ3v) is 4.60. The van der Waals surface area contributed by atoms with Gasteiger partial charge in [0.1, 0.15) is 25.1 Å². The van der Waals surface area contributed by atoms with Gasteiger partial charge in [-0.2, -0.15) is 0 Å². The predicted molar refractivity (Wildman–Crippen MR) is 105 cm³/mol. The number of amides is 1. The number of ketones is 1. The number of carbonyl (C=O) groups is 2. The van der Waals surface area contributed by atoms with Crippen LogP contribution in [0.2, 0.25) is 5.02 Å². The summed E-state index contributed by atoms with van der Waals surface area (Å²) in [5.41, 5.74) is 1.78. The first-order valence-electron chi connectivity index (χ1n) is 8.98. The minimum Gasteiger partial charge on any atom is -0.492 e. The lowest BCUT2D eigenvalue weighted by Crippen LogP contribution is -2.29. The van der Waals surface area contributed by atoms with Crippen LogP contribution in [0.4, 0.5) is 4.79 Å². The van der Waals surface area contributed by atoms with Crippen LogP contribution in [0.3, 0.4) is 0 Å². The van der Waals surface area contributed by atoms with Crippen LogP contribution in [-0.2, 0) is 20.7 Å². The Morgan fingerprint density at radius 1 is 1.25 bits per heavy atom. The van der Waals surface area contributed by atoms with Crippen LogP contribution in [0.25, 0.3) is 0 Å². The number of nitrogens with zero attached hydrogens (tertiary/aromatic N) is 1. The van der Waals surface area contributed by atoms with Crippen LogP contribution in [-0.4, -0.2) is 50.2 Å². The molecule has 1 amide bonds. The van der Waals surface area contributed by atoms with Crippen LogP contribution in [0.15, 0.2) is 48.5 Å². The zero-order valence-electron chi connectivity index (χ0n) is 15.6. The molecule has 28 heavy (non-hydrogen) atoms. The van der Waals surface area contributed by atoms with E-state index in [0.29, 0.717) is 36.9 Å². The van der Waals surface area contributed by atoms with Gasteiger partial charge in [-0.1, -0.05) is 35.9 Å². The largest absolute Gasteiger partial charge is 0.492 e. The second-order valence-electron chi connectivity index (χ2n) is 6.51. The third kappa shape index (κ3) is 5.47. The molecule has 0 radical (unpaired) electrons. The van der Waals surface area contributed by atoms with Crippen molar-refractivity contribution in [2.45, 2.75) is 12.5 Å². The number of halogens is 1. The van der Waals surface area contributed by atoms with Crippen molar-refractivity contribution in [1.82, 2.24) is 4.90 Å². The summed E-state index contributed by atoms with van der Waals surface area (Å²) >= 11 is 6.00. The molecule has 0 N–H and O–H groups in total. The fraction of sp³-hybridized carbons (Fsp3) is 0.333. The second-order valence-corrected chi connectivity index (χ2v) is 6.95. The van der Waals surface area contributed by atoms with Crippen LogP contribution < -0.4 is 4.74 Å². The van der Waals surface area contributed by atoms with Gasteiger partial charge in [0.05, 0.1) is 13.1 Å². The van der Waals surface area contributed by atoms with E-state index < -0.39 is 0 Å². The predicted octanol–water partition coefficient (Wildman–Crippen LogP) is 3.67. The molecule has 2 aromatic rings. The minimum absolute atomic E-state index is 0.0259. The Morgan fingerprint density at radius 3 is 2.75 bits per heavy atom. The van der Waals surface area contributed by atoms with E-state index in [-0.39, 0.29) is 24.6 Å². The molecule has 1 heterocycles. The smallest absolute Gasteiger partial charge is 0.410 e. The summed E-state index contributed by atoms with van der Waals surface area (Å²) in [6.45, 7) is 1.34. The summed E-state index contributed by atoms with van der Waals surface area (Å²) in [7, 11) is 1.50. The average molecular weight is 404 g/mol. The van der Waals surface area contributed by atoms with Crippen LogP contribution in [0.5, 0.6) is 5.75 Å². The molecule has 6 nitrogen and oxygen atoms in total. The number of carbonyl (C=O) groups excluding carboxylic acids is 2. The zero-order chi connectivity index (χ0) is 19.9. The molecule has 0 aromatic heterocycles. The maximum absolute atomic E-state index is 12.1. The fourth-order valence-corrected chi connectivity index (χ4v) is 3.19. The highest BCUT2D eigenvalue weighted by atomic mass is 35.5. The SMILES string of the molecule is COCC(=O)Cc1ccc(OCCN2CC(c3cccc(Cl)c3)OC2=O)cc1. The number of ether oxygens (including phenoxy) is 3. The number of hydrogen-bond acceptors (Lipinski definition) is 5. The van der Waals surface area contributed by atoms with Gasteiger partial charge in [-0.25, -0.2) is 4.79 Å². The molecule has 1 aliphatic heterocycles. The number of methoxy groups -OCH3 is 1. The van der Waals surface area contributed by atoms with E-state index in [0.717, 1.165) is 11.1 Å². The van der Waals surface area contributed by atoms with Crippen LogP contribution >= 0.6 is 11.6 Å². The van der Waals surface area contributed by atoms with Crippen molar-refractivity contribution in [3.63, 3.8) is 0 Å². The zero-order valence-corrected chi connectivity index (χ0v) is 16.4. The fourth-order valence-electron chi connectivity index (χ4n) is 2.99. The van der Waals surface area contributed by atoms with Gasteiger partial charge in [0.25, 0.3) is 0 Å². The molecule has 148 valence electrons. The minimum atomic E-state index is -0.361. The van der Waals surface area contributed by atoms with Gasteiger partial charge >= 0.3 is 6.09 Å². The first-order chi connectivity index (χ1) is 13.5. The lowest BCUT2D eigenvalue weighted by Gasteiger charge is -2.14. The number of cyclic esters (lactones) is 1. The van der Waals surface area contributed by atoms with Crippen molar-refractivity contribution in [2.24, 2.45) is 0 Å². The second kappa shape index (κ2) is 9.57. The average Bonchev–Trinajstić information content (AvgIpc) is 3.04. The molecule has 1 saturated heterocycles. The van der Waals surface area contributed by atoms with E-state index in [1.54, 1.807) is 17.0 Å².